The normalized spacial score (nSPS) is 11.4. The molecule has 0 amide bonds. The van der Waals surface area contributed by atoms with Crippen molar-refractivity contribution < 1.29 is 4.74 Å². The molecule has 6 rings (SSSR count). The molecule has 0 spiro atoms. The van der Waals surface area contributed by atoms with Gasteiger partial charge in [0.2, 0.25) is 0 Å². The van der Waals surface area contributed by atoms with Crippen molar-refractivity contribution in [3.63, 3.8) is 0 Å². The van der Waals surface area contributed by atoms with Crippen molar-refractivity contribution in [3.05, 3.63) is 102 Å². The zero-order valence-electron chi connectivity index (χ0n) is 21.0. The highest BCUT2D eigenvalue weighted by atomic mass is 16.5. The van der Waals surface area contributed by atoms with Crippen LogP contribution in [0.1, 0.15) is 38.8 Å². The van der Waals surface area contributed by atoms with Gasteiger partial charge in [0.15, 0.2) is 11.5 Å². The van der Waals surface area contributed by atoms with Crippen LogP contribution in [0.4, 0.5) is 17.1 Å². The molecule has 0 bridgehead atoms. The second kappa shape index (κ2) is 10.0. The van der Waals surface area contributed by atoms with Gasteiger partial charge >= 0.3 is 0 Å². The maximum Gasteiger partial charge on any atom is 0.151 e. The second-order valence-electron chi connectivity index (χ2n) is 8.05. The third-order valence-corrected chi connectivity index (χ3v) is 5.90. The molecule has 1 aliphatic rings. The summed E-state index contributed by atoms with van der Waals surface area (Å²) in [5, 5.41) is 4.94. The van der Waals surface area contributed by atoms with Crippen LogP contribution in [0.2, 0.25) is 0 Å². The van der Waals surface area contributed by atoms with Crippen LogP contribution in [-0.4, -0.2) is 0 Å². The van der Waals surface area contributed by atoms with Crippen LogP contribution in [0, 0.1) is 13.8 Å². The van der Waals surface area contributed by atoms with Crippen LogP contribution in [0.3, 0.4) is 0 Å². The predicted molar refractivity (Wildman–Crippen MR) is 148 cm³/mol. The lowest BCUT2D eigenvalue weighted by molar-refractivity contribution is 0.476. The van der Waals surface area contributed by atoms with Gasteiger partial charge in [-0.2, -0.15) is 0 Å². The standard InChI is InChI=1S/C28H21NO.2C2H6/c1-18-11-13-24-26(15-18)30-27-16-19(2)12-14-25(27)29(24)28-22-9-5-3-7-20(22)17-21-8-4-6-10-23(21)28;2*1-2/h3-17H,1-2H3;2*1-2H3. The summed E-state index contributed by atoms with van der Waals surface area (Å²) in [6.07, 6.45) is 0. The molecule has 172 valence electrons. The Hall–Kier alpha value is -3.78. The Bertz CT molecular complexity index is 1350. The number of hydrogen-bond acceptors (Lipinski definition) is 2. The van der Waals surface area contributed by atoms with Gasteiger partial charge in [0, 0.05) is 10.8 Å². The minimum absolute atomic E-state index is 0.894. The van der Waals surface area contributed by atoms with E-state index in [2.05, 4.69) is 110 Å². The summed E-state index contributed by atoms with van der Waals surface area (Å²) in [4.78, 5) is 2.37. The number of anilines is 3. The van der Waals surface area contributed by atoms with Gasteiger partial charge in [0.05, 0.1) is 17.1 Å². The van der Waals surface area contributed by atoms with Crippen molar-refractivity contribution in [3.8, 4) is 11.5 Å². The van der Waals surface area contributed by atoms with Gasteiger partial charge in [-0.25, -0.2) is 0 Å². The molecular weight excluding hydrogens is 414 g/mol. The Morgan fingerprint density at radius 2 is 0.971 bits per heavy atom. The van der Waals surface area contributed by atoms with Gasteiger partial charge < -0.3 is 9.64 Å². The first kappa shape index (κ1) is 23.4. The average Bonchev–Trinajstić information content (AvgIpc) is 2.88. The summed E-state index contributed by atoms with van der Waals surface area (Å²) in [6, 6.07) is 32.4. The zero-order valence-corrected chi connectivity index (χ0v) is 21.0. The summed E-state index contributed by atoms with van der Waals surface area (Å²) in [6.45, 7) is 12.2. The van der Waals surface area contributed by atoms with Crippen LogP contribution < -0.4 is 9.64 Å². The van der Waals surface area contributed by atoms with Crippen LogP contribution in [0.25, 0.3) is 21.5 Å². The highest BCUT2D eigenvalue weighted by molar-refractivity contribution is 6.15. The molecule has 2 heteroatoms. The van der Waals surface area contributed by atoms with E-state index in [9.17, 15) is 0 Å². The third kappa shape index (κ3) is 4.01. The quantitative estimate of drug-likeness (QED) is 0.232. The van der Waals surface area contributed by atoms with Crippen molar-refractivity contribution in [2.75, 3.05) is 4.90 Å². The zero-order chi connectivity index (χ0) is 24.2. The van der Waals surface area contributed by atoms with E-state index < -0.39 is 0 Å². The van der Waals surface area contributed by atoms with Gasteiger partial charge in [-0.15, -0.1) is 0 Å². The fraction of sp³-hybridized carbons (Fsp3) is 0.188. The Labute approximate surface area is 203 Å². The van der Waals surface area contributed by atoms with Crippen LogP contribution >= 0.6 is 0 Å². The summed E-state index contributed by atoms with van der Waals surface area (Å²) in [7, 11) is 0. The molecule has 1 aliphatic heterocycles. The Kier molecular flexibility index (Phi) is 6.88. The van der Waals surface area contributed by atoms with Gasteiger partial charge in [-0.1, -0.05) is 88.4 Å². The average molecular weight is 448 g/mol. The number of hydrogen-bond donors (Lipinski definition) is 0. The molecule has 5 aromatic carbocycles. The molecule has 1 heterocycles. The minimum Gasteiger partial charge on any atom is -0.453 e. The largest absolute Gasteiger partial charge is 0.453 e. The summed E-state index contributed by atoms with van der Waals surface area (Å²) < 4.78 is 6.37. The summed E-state index contributed by atoms with van der Waals surface area (Å²) in [5.41, 5.74) is 5.71. The Morgan fingerprint density at radius 3 is 1.44 bits per heavy atom. The van der Waals surface area contributed by atoms with Crippen LogP contribution in [0.15, 0.2) is 91.0 Å². The molecule has 0 atom stereocenters. The van der Waals surface area contributed by atoms with E-state index in [1.54, 1.807) is 0 Å². The molecule has 0 N–H and O–H groups in total. The fourth-order valence-corrected chi connectivity index (χ4v) is 4.50. The van der Waals surface area contributed by atoms with E-state index >= 15 is 0 Å². The summed E-state index contributed by atoms with van der Waals surface area (Å²) in [5.74, 6) is 1.79. The molecule has 0 unspecified atom stereocenters. The fourth-order valence-electron chi connectivity index (χ4n) is 4.50. The van der Waals surface area contributed by atoms with Crippen LogP contribution in [0.5, 0.6) is 11.5 Å². The van der Waals surface area contributed by atoms with Crippen molar-refractivity contribution in [1.29, 1.82) is 0 Å². The number of rotatable bonds is 1. The van der Waals surface area contributed by atoms with E-state index in [0.717, 1.165) is 22.9 Å². The summed E-state index contributed by atoms with van der Waals surface area (Å²) >= 11 is 0. The SMILES string of the molecule is CC.CC.Cc1ccc2c(c1)Oc1cc(C)ccc1N2c1c2ccccc2cc2ccccc12. The van der Waals surface area contributed by atoms with E-state index in [1.165, 1.54) is 38.4 Å². The van der Waals surface area contributed by atoms with Crippen molar-refractivity contribution >= 4 is 38.6 Å². The number of fused-ring (bicyclic) bond motifs is 4. The first-order valence-corrected chi connectivity index (χ1v) is 12.3. The lowest BCUT2D eigenvalue weighted by atomic mass is 9.98. The first-order valence-electron chi connectivity index (χ1n) is 12.3. The maximum absolute atomic E-state index is 6.37. The van der Waals surface area contributed by atoms with E-state index in [1.807, 2.05) is 27.7 Å². The van der Waals surface area contributed by atoms with E-state index in [0.29, 0.717) is 0 Å². The number of benzene rings is 5. The molecule has 34 heavy (non-hydrogen) atoms. The van der Waals surface area contributed by atoms with Crippen LogP contribution in [-0.2, 0) is 0 Å². The monoisotopic (exact) mass is 447 g/mol. The second-order valence-corrected chi connectivity index (χ2v) is 8.05. The molecule has 2 nitrogen and oxygen atoms in total. The van der Waals surface area contributed by atoms with Gasteiger partial charge in [0.25, 0.3) is 0 Å². The Balaban J connectivity index is 0.000000652. The molecule has 0 saturated carbocycles. The lowest BCUT2D eigenvalue weighted by Gasteiger charge is -2.34. The smallest absolute Gasteiger partial charge is 0.151 e. The molecule has 5 aromatic rings. The van der Waals surface area contributed by atoms with E-state index in [-0.39, 0.29) is 0 Å². The minimum atomic E-state index is 0.894. The first-order chi connectivity index (χ1) is 16.7. The van der Waals surface area contributed by atoms with Crippen molar-refractivity contribution in [2.24, 2.45) is 0 Å². The Morgan fingerprint density at radius 1 is 0.529 bits per heavy atom. The van der Waals surface area contributed by atoms with Gasteiger partial charge in [-0.3, -0.25) is 0 Å². The molecule has 0 radical (unpaired) electrons. The maximum atomic E-state index is 6.37. The molecule has 0 aliphatic carbocycles. The number of ether oxygens (including phenoxy) is 1. The predicted octanol–water partition coefficient (Wildman–Crippen LogP) is 10.2. The van der Waals surface area contributed by atoms with Gasteiger partial charge in [0.1, 0.15) is 0 Å². The van der Waals surface area contributed by atoms with Crippen molar-refractivity contribution in [1.82, 2.24) is 0 Å². The number of nitrogens with zero attached hydrogens (tertiary/aromatic N) is 1. The topological polar surface area (TPSA) is 12.5 Å². The highest BCUT2D eigenvalue weighted by Gasteiger charge is 2.28. The van der Waals surface area contributed by atoms with E-state index in [4.69, 9.17) is 4.74 Å². The number of aryl methyl sites for hydroxylation is 2. The molecule has 0 aromatic heterocycles. The molecular formula is C32H33NO. The van der Waals surface area contributed by atoms with Crippen molar-refractivity contribution in [2.45, 2.75) is 41.5 Å². The highest BCUT2D eigenvalue weighted by Crippen LogP contribution is 2.53. The van der Waals surface area contributed by atoms with Gasteiger partial charge in [-0.05, 0) is 66.1 Å². The third-order valence-electron chi connectivity index (χ3n) is 5.90. The lowest BCUT2D eigenvalue weighted by Crippen LogP contribution is -2.16. The molecule has 0 fully saturated rings. The molecule has 0 saturated heterocycles.